The van der Waals surface area contributed by atoms with Crippen molar-refractivity contribution in [3.05, 3.63) is 42.0 Å². The van der Waals surface area contributed by atoms with Crippen molar-refractivity contribution in [3.63, 3.8) is 0 Å². The van der Waals surface area contributed by atoms with Crippen molar-refractivity contribution in [2.45, 2.75) is 25.7 Å². The lowest BCUT2D eigenvalue weighted by Crippen LogP contribution is -2.11. The zero-order chi connectivity index (χ0) is 13.9. The van der Waals surface area contributed by atoms with Crippen molar-refractivity contribution in [1.29, 1.82) is 0 Å². The first-order chi connectivity index (χ1) is 9.79. The van der Waals surface area contributed by atoms with E-state index in [9.17, 15) is 4.79 Å². The average molecular weight is 269 g/mol. The molecule has 1 fully saturated rings. The quantitative estimate of drug-likeness (QED) is 0.798. The van der Waals surface area contributed by atoms with Gasteiger partial charge in [-0.25, -0.2) is 14.8 Å². The Morgan fingerprint density at radius 1 is 1.35 bits per heavy atom. The summed E-state index contributed by atoms with van der Waals surface area (Å²) >= 11 is 0. The molecule has 0 amide bonds. The number of hydrogen-bond acceptors (Lipinski definition) is 5. The van der Waals surface area contributed by atoms with E-state index >= 15 is 0 Å². The summed E-state index contributed by atoms with van der Waals surface area (Å²) in [5.74, 6) is 0.649. The molecule has 5 nitrogen and oxygen atoms in total. The summed E-state index contributed by atoms with van der Waals surface area (Å²) in [6, 6.07) is 3.71. The summed E-state index contributed by atoms with van der Waals surface area (Å²) in [5.41, 5.74) is 2.20. The Balaban J connectivity index is 2.00. The lowest BCUT2D eigenvalue weighted by atomic mass is 10.1. The molecule has 0 unspecified atom stereocenters. The second-order valence-electron chi connectivity index (χ2n) is 4.72. The van der Waals surface area contributed by atoms with E-state index < -0.39 is 0 Å². The third kappa shape index (κ3) is 2.52. The van der Waals surface area contributed by atoms with Gasteiger partial charge in [0.15, 0.2) is 5.82 Å². The maximum absolute atomic E-state index is 11.9. The van der Waals surface area contributed by atoms with Gasteiger partial charge in [0.05, 0.1) is 17.9 Å². The van der Waals surface area contributed by atoms with Crippen LogP contribution in [0.2, 0.25) is 0 Å². The summed E-state index contributed by atoms with van der Waals surface area (Å²) in [6.07, 6.45) is 7.12. The minimum absolute atomic E-state index is 0.337. The van der Waals surface area contributed by atoms with Gasteiger partial charge in [-0.05, 0) is 31.9 Å². The van der Waals surface area contributed by atoms with Crippen molar-refractivity contribution in [2.75, 3.05) is 6.61 Å². The molecular weight excluding hydrogens is 254 g/mol. The fourth-order valence-electron chi connectivity index (χ4n) is 2.07. The third-order valence-electron chi connectivity index (χ3n) is 3.22. The molecule has 2 aromatic heterocycles. The maximum Gasteiger partial charge on any atom is 0.341 e. The maximum atomic E-state index is 11.9. The fourth-order valence-corrected chi connectivity index (χ4v) is 2.07. The van der Waals surface area contributed by atoms with Crippen LogP contribution < -0.4 is 0 Å². The molecule has 2 aromatic rings. The van der Waals surface area contributed by atoms with Crippen LogP contribution in [0.25, 0.3) is 11.4 Å². The number of esters is 1. The minimum Gasteiger partial charge on any atom is -0.462 e. The molecule has 0 N–H and O–H groups in total. The molecular formula is C15H15N3O2. The van der Waals surface area contributed by atoms with Crippen molar-refractivity contribution in [1.82, 2.24) is 15.0 Å². The number of ether oxygens (including phenoxy) is 1. The minimum atomic E-state index is -0.337. The Hall–Kier alpha value is -2.30. The SMILES string of the molecule is CCOC(=O)c1cnc(-c2ccncc2)nc1C1CC1. The molecule has 0 radical (unpaired) electrons. The Morgan fingerprint density at radius 3 is 2.75 bits per heavy atom. The van der Waals surface area contributed by atoms with Gasteiger partial charge in [0.1, 0.15) is 0 Å². The van der Waals surface area contributed by atoms with E-state index in [0.29, 0.717) is 23.9 Å². The van der Waals surface area contributed by atoms with Crippen LogP contribution in [0, 0.1) is 0 Å². The second-order valence-corrected chi connectivity index (χ2v) is 4.72. The highest BCUT2D eigenvalue weighted by Gasteiger charge is 2.31. The molecule has 0 aliphatic heterocycles. The molecule has 1 aliphatic carbocycles. The molecule has 1 saturated carbocycles. The largest absolute Gasteiger partial charge is 0.462 e. The summed E-state index contributed by atoms with van der Waals surface area (Å²) in [6.45, 7) is 2.15. The van der Waals surface area contributed by atoms with E-state index in [1.54, 1.807) is 25.5 Å². The first-order valence-corrected chi connectivity index (χ1v) is 6.74. The number of carbonyl (C=O) groups is 1. The molecule has 3 rings (SSSR count). The molecule has 0 aromatic carbocycles. The Kier molecular flexibility index (Phi) is 3.41. The van der Waals surface area contributed by atoms with E-state index in [4.69, 9.17) is 4.74 Å². The van der Waals surface area contributed by atoms with Gasteiger partial charge in [-0.2, -0.15) is 0 Å². The highest BCUT2D eigenvalue weighted by molar-refractivity contribution is 5.90. The number of nitrogens with zero attached hydrogens (tertiary/aromatic N) is 3. The molecule has 102 valence electrons. The zero-order valence-corrected chi connectivity index (χ0v) is 11.2. The molecule has 1 aliphatic rings. The van der Waals surface area contributed by atoms with Crippen LogP contribution in [-0.4, -0.2) is 27.5 Å². The Labute approximate surface area is 117 Å². The van der Waals surface area contributed by atoms with Gasteiger partial charge in [-0.1, -0.05) is 0 Å². The van der Waals surface area contributed by atoms with E-state index in [-0.39, 0.29) is 5.97 Å². The Bertz CT molecular complexity index is 624. The first kappa shape index (κ1) is 12.7. The Morgan fingerprint density at radius 2 is 2.10 bits per heavy atom. The number of rotatable bonds is 4. The standard InChI is InChI=1S/C15H15N3O2/c1-2-20-15(19)12-9-17-14(11-5-7-16-8-6-11)18-13(12)10-3-4-10/h5-10H,2-4H2,1H3. The van der Waals surface area contributed by atoms with Crippen LogP contribution >= 0.6 is 0 Å². The molecule has 5 heteroatoms. The van der Waals surface area contributed by atoms with Crippen LogP contribution in [0.3, 0.4) is 0 Å². The first-order valence-electron chi connectivity index (χ1n) is 6.74. The molecule has 20 heavy (non-hydrogen) atoms. The molecule has 0 atom stereocenters. The van der Waals surface area contributed by atoms with E-state index in [1.807, 2.05) is 12.1 Å². The number of carbonyl (C=O) groups excluding carboxylic acids is 1. The van der Waals surface area contributed by atoms with Gasteiger partial charge in [-0.3, -0.25) is 4.98 Å². The number of aromatic nitrogens is 3. The van der Waals surface area contributed by atoms with E-state index in [2.05, 4.69) is 15.0 Å². The predicted octanol–water partition coefficient (Wildman–Crippen LogP) is 2.59. The lowest BCUT2D eigenvalue weighted by Gasteiger charge is -2.08. The van der Waals surface area contributed by atoms with Crippen molar-refractivity contribution in [2.24, 2.45) is 0 Å². The molecule has 2 heterocycles. The topological polar surface area (TPSA) is 65.0 Å². The average Bonchev–Trinajstić information content (AvgIpc) is 3.32. The van der Waals surface area contributed by atoms with Crippen molar-refractivity contribution in [3.8, 4) is 11.4 Å². The fraction of sp³-hybridized carbons (Fsp3) is 0.333. The van der Waals surface area contributed by atoms with Crippen LogP contribution in [0.5, 0.6) is 0 Å². The van der Waals surface area contributed by atoms with Gasteiger partial charge in [-0.15, -0.1) is 0 Å². The van der Waals surface area contributed by atoms with Gasteiger partial charge in [0.2, 0.25) is 0 Å². The van der Waals surface area contributed by atoms with Gasteiger partial charge in [0, 0.05) is 30.1 Å². The highest BCUT2D eigenvalue weighted by Crippen LogP contribution is 2.41. The number of pyridine rings is 1. The smallest absolute Gasteiger partial charge is 0.341 e. The van der Waals surface area contributed by atoms with Crippen LogP contribution in [0.4, 0.5) is 0 Å². The predicted molar refractivity (Wildman–Crippen MR) is 73.2 cm³/mol. The van der Waals surface area contributed by atoms with E-state index in [0.717, 1.165) is 24.1 Å². The van der Waals surface area contributed by atoms with Gasteiger partial charge >= 0.3 is 5.97 Å². The van der Waals surface area contributed by atoms with Gasteiger partial charge < -0.3 is 4.74 Å². The third-order valence-corrected chi connectivity index (χ3v) is 3.22. The van der Waals surface area contributed by atoms with Crippen LogP contribution in [0.1, 0.15) is 41.7 Å². The zero-order valence-electron chi connectivity index (χ0n) is 11.2. The summed E-state index contributed by atoms with van der Waals surface area (Å²) < 4.78 is 5.06. The van der Waals surface area contributed by atoms with Crippen molar-refractivity contribution >= 4 is 5.97 Å². The summed E-state index contributed by atoms with van der Waals surface area (Å²) in [7, 11) is 0. The second kappa shape index (κ2) is 5.36. The van der Waals surface area contributed by atoms with Crippen LogP contribution in [0.15, 0.2) is 30.7 Å². The normalized spacial score (nSPS) is 14.1. The summed E-state index contributed by atoms with van der Waals surface area (Å²) in [4.78, 5) is 24.8. The molecule has 0 spiro atoms. The van der Waals surface area contributed by atoms with Crippen molar-refractivity contribution < 1.29 is 9.53 Å². The summed E-state index contributed by atoms with van der Waals surface area (Å²) in [5, 5.41) is 0. The van der Waals surface area contributed by atoms with Gasteiger partial charge in [0.25, 0.3) is 0 Å². The van der Waals surface area contributed by atoms with E-state index in [1.165, 1.54) is 0 Å². The molecule has 0 saturated heterocycles. The monoisotopic (exact) mass is 269 g/mol. The number of hydrogen-bond donors (Lipinski definition) is 0. The highest BCUT2D eigenvalue weighted by atomic mass is 16.5. The lowest BCUT2D eigenvalue weighted by molar-refractivity contribution is 0.0524. The molecule has 0 bridgehead atoms. The van der Waals surface area contributed by atoms with Crippen LogP contribution in [-0.2, 0) is 4.74 Å².